The van der Waals surface area contributed by atoms with Gasteiger partial charge in [0, 0.05) is 17.1 Å². The van der Waals surface area contributed by atoms with E-state index in [1.807, 2.05) is 0 Å². The summed E-state index contributed by atoms with van der Waals surface area (Å²) < 4.78 is 1.15. The minimum atomic E-state index is 0.539. The molecule has 1 aliphatic carbocycles. The zero-order valence-corrected chi connectivity index (χ0v) is 11.7. The van der Waals surface area contributed by atoms with Crippen LogP contribution >= 0.6 is 15.9 Å². The Morgan fingerprint density at radius 1 is 1.31 bits per heavy atom. The van der Waals surface area contributed by atoms with Crippen LogP contribution in [0.25, 0.3) is 0 Å². The van der Waals surface area contributed by atoms with E-state index in [4.69, 9.17) is 0 Å². The fraction of sp³-hybridized carbons (Fsp3) is 0.571. The number of hydrogen-bond acceptors (Lipinski definition) is 1. The lowest BCUT2D eigenvalue weighted by Gasteiger charge is -2.17. The van der Waals surface area contributed by atoms with Gasteiger partial charge >= 0.3 is 0 Å². The van der Waals surface area contributed by atoms with Crippen molar-refractivity contribution in [3.05, 3.63) is 34.3 Å². The van der Waals surface area contributed by atoms with Gasteiger partial charge in [0.15, 0.2) is 0 Å². The van der Waals surface area contributed by atoms with Crippen LogP contribution in [0.2, 0.25) is 0 Å². The van der Waals surface area contributed by atoms with Crippen LogP contribution in [-0.2, 0) is 6.54 Å². The predicted octanol–water partition coefficient (Wildman–Crippen LogP) is 4.12. The molecular formula is C14H20BrN. The summed E-state index contributed by atoms with van der Waals surface area (Å²) >= 11 is 3.46. The molecule has 0 spiro atoms. The van der Waals surface area contributed by atoms with Gasteiger partial charge in [-0.1, -0.05) is 41.9 Å². The highest BCUT2D eigenvalue weighted by Gasteiger charge is 2.30. The second-order valence-electron chi connectivity index (χ2n) is 5.61. The lowest BCUT2D eigenvalue weighted by atomic mass is 9.92. The minimum absolute atomic E-state index is 0.539. The van der Waals surface area contributed by atoms with Crippen molar-refractivity contribution in [2.45, 2.75) is 45.7 Å². The summed E-state index contributed by atoms with van der Waals surface area (Å²) in [5.41, 5.74) is 1.91. The molecule has 1 unspecified atom stereocenters. The standard InChI is InChI=1S/C14H20BrN/c1-14(2)8-7-13(9-14)16-10-11-3-5-12(15)6-4-11/h3-6,13,16H,7-10H2,1-2H3. The summed E-state index contributed by atoms with van der Waals surface area (Å²) in [4.78, 5) is 0. The van der Waals surface area contributed by atoms with Crippen molar-refractivity contribution in [3.63, 3.8) is 0 Å². The SMILES string of the molecule is CC1(C)CCC(NCc2ccc(Br)cc2)C1. The maximum Gasteiger partial charge on any atom is 0.0208 e. The molecule has 0 radical (unpaired) electrons. The van der Waals surface area contributed by atoms with Gasteiger partial charge in [0.25, 0.3) is 0 Å². The third kappa shape index (κ3) is 3.33. The van der Waals surface area contributed by atoms with E-state index in [1.165, 1.54) is 24.8 Å². The van der Waals surface area contributed by atoms with Gasteiger partial charge in [-0.2, -0.15) is 0 Å². The van der Waals surface area contributed by atoms with E-state index < -0.39 is 0 Å². The van der Waals surface area contributed by atoms with E-state index in [0.717, 1.165) is 11.0 Å². The van der Waals surface area contributed by atoms with Crippen LogP contribution < -0.4 is 5.32 Å². The lowest BCUT2D eigenvalue weighted by molar-refractivity contribution is 0.364. The van der Waals surface area contributed by atoms with Gasteiger partial charge in [-0.05, 0) is 42.4 Å². The first kappa shape index (κ1) is 12.1. The van der Waals surface area contributed by atoms with Crippen LogP contribution in [0.1, 0.15) is 38.7 Å². The van der Waals surface area contributed by atoms with Crippen molar-refractivity contribution in [3.8, 4) is 0 Å². The highest BCUT2D eigenvalue weighted by atomic mass is 79.9. The Bertz CT molecular complexity index is 342. The molecule has 0 saturated heterocycles. The molecule has 0 aromatic heterocycles. The average Bonchev–Trinajstić information content (AvgIpc) is 2.58. The summed E-state index contributed by atoms with van der Waals surface area (Å²) in [5.74, 6) is 0. The first-order valence-corrected chi connectivity index (χ1v) is 6.82. The Kier molecular flexibility index (Phi) is 3.70. The van der Waals surface area contributed by atoms with Crippen LogP contribution in [0.4, 0.5) is 0 Å². The fourth-order valence-corrected chi connectivity index (χ4v) is 2.74. The molecule has 16 heavy (non-hydrogen) atoms. The van der Waals surface area contributed by atoms with Crippen molar-refractivity contribution in [2.75, 3.05) is 0 Å². The van der Waals surface area contributed by atoms with Gasteiger partial charge in [0.1, 0.15) is 0 Å². The van der Waals surface area contributed by atoms with Gasteiger partial charge < -0.3 is 5.32 Å². The van der Waals surface area contributed by atoms with Crippen molar-refractivity contribution in [1.29, 1.82) is 0 Å². The van der Waals surface area contributed by atoms with E-state index in [1.54, 1.807) is 0 Å². The summed E-state index contributed by atoms with van der Waals surface area (Å²) in [7, 11) is 0. The number of nitrogens with one attached hydrogen (secondary N) is 1. The van der Waals surface area contributed by atoms with E-state index in [2.05, 4.69) is 59.4 Å². The van der Waals surface area contributed by atoms with Gasteiger partial charge in [-0.3, -0.25) is 0 Å². The van der Waals surface area contributed by atoms with Crippen LogP contribution in [0.3, 0.4) is 0 Å². The van der Waals surface area contributed by atoms with Crippen molar-refractivity contribution in [1.82, 2.24) is 5.32 Å². The summed E-state index contributed by atoms with van der Waals surface area (Å²) in [6.07, 6.45) is 3.98. The van der Waals surface area contributed by atoms with Crippen LogP contribution in [0.5, 0.6) is 0 Å². The van der Waals surface area contributed by atoms with E-state index in [-0.39, 0.29) is 0 Å². The van der Waals surface area contributed by atoms with Gasteiger partial charge in [0.05, 0.1) is 0 Å². The second-order valence-corrected chi connectivity index (χ2v) is 6.53. The van der Waals surface area contributed by atoms with E-state index in [9.17, 15) is 0 Å². The molecule has 1 N–H and O–H groups in total. The Labute approximate surface area is 107 Å². The fourth-order valence-electron chi connectivity index (χ4n) is 2.47. The van der Waals surface area contributed by atoms with Gasteiger partial charge in [0.2, 0.25) is 0 Å². The first-order valence-electron chi connectivity index (χ1n) is 6.03. The quantitative estimate of drug-likeness (QED) is 0.879. The van der Waals surface area contributed by atoms with Crippen molar-refractivity contribution >= 4 is 15.9 Å². The Morgan fingerprint density at radius 3 is 2.56 bits per heavy atom. The third-order valence-corrected chi connectivity index (χ3v) is 4.01. The second kappa shape index (κ2) is 4.89. The number of benzene rings is 1. The normalized spacial score (nSPS) is 23.6. The molecule has 1 saturated carbocycles. The zero-order valence-electron chi connectivity index (χ0n) is 10.1. The minimum Gasteiger partial charge on any atom is -0.310 e. The topological polar surface area (TPSA) is 12.0 Å². The smallest absolute Gasteiger partial charge is 0.0208 e. The van der Waals surface area contributed by atoms with Crippen LogP contribution in [0, 0.1) is 5.41 Å². The molecule has 1 aliphatic rings. The molecule has 0 aliphatic heterocycles. The molecule has 0 amide bonds. The van der Waals surface area contributed by atoms with Gasteiger partial charge in [-0.15, -0.1) is 0 Å². The monoisotopic (exact) mass is 281 g/mol. The van der Waals surface area contributed by atoms with Gasteiger partial charge in [-0.25, -0.2) is 0 Å². The Morgan fingerprint density at radius 2 is 2.00 bits per heavy atom. The molecule has 1 aromatic rings. The number of hydrogen-bond donors (Lipinski definition) is 1. The maximum atomic E-state index is 3.66. The predicted molar refractivity (Wildman–Crippen MR) is 72.4 cm³/mol. The summed E-state index contributed by atoms with van der Waals surface area (Å²) in [6.45, 7) is 5.73. The van der Waals surface area contributed by atoms with E-state index in [0.29, 0.717) is 11.5 Å². The molecule has 1 atom stereocenters. The molecule has 88 valence electrons. The number of rotatable bonds is 3. The van der Waals surface area contributed by atoms with Crippen LogP contribution in [0.15, 0.2) is 28.7 Å². The highest BCUT2D eigenvalue weighted by Crippen LogP contribution is 2.36. The molecule has 2 heteroatoms. The van der Waals surface area contributed by atoms with Crippen LogP contribution in [-0.4, -0.2) is 6.04 Å². The Hall–Kier alpha value is -0.340. The molecule has 1 fully saturated rings. The number of halogens is 1. The molecule has 1 aromatic carbocycles. The lowest BCUT2D eigenvalue weighted by Crippen LogP contribution is -2.26. The van der Waals surface area contributed by atoms with Crippen molar-refractivity contribution in [2.24, 2.45) is 5.41 Å². The molecule has 0 bridgehead atoms. The highest BCUT2D eigenvalue weighted by molar-refractivity contribution is 9.10. The molecule has 2 rings (SSSR count). The zero-order chi connectivity index (χ0) is 11.6. The van der Waals surface area contributed by atoms with E-state index >= 15 is 0 Å². The first-order chi connectivity index (χ1) is 7.55. The third-order valence-electron chi connectivity index (χ3n) is 3.48. The average molecular weight is 282 g/mol. The molecular weight excluding hydrogens is 262 g/mol. The largest absolute Gasteiger partial charge is 0.310 e. The Balaban J connectivity index is 1.82. The molecule has 0 heterocycles. The van der Waals surface area contributed by atoms with Crippen molar-refractivity contribution < 1.29 is 0 Å². The molecule has 1 nitrogen and oxygen atoms in total. The maximum absolute atomic E-state index is 3.66. The summed E-state index contributed by atoms with van der Waals surface area (Å²) in [6, 6.07) is 9.28. The summed E-state index contributed by atoms with van der Waals surface area (Å²) in [5, 5.41) is 3.66.